The van der Waals surface area contributed by atoms with Gasteiger partial charge in [0.25, 0.3) is 0 Å². The molecule has 1 aromatic rings. The summed E-state index contributed by atoms with van der Waals surface area (Å²) in [7, 11) is -2.93. The van der Waals surface area contributed by atoms with E-state index in [1.54, 1.807) is 19.1 Å². The quantitative estimate of drug-likeness (QED) is 0.882. The van der Waals surface area contributed by atoms with Crippen molar-refractivity contribution in [3.63, 3.8) is 0 Å². The lowest BCUT2D eigenvalue weighted by Crippen LogP contribution is -2.34. The molecule has 0 saturated carbocycles. The van der Waals surface area contributed by atoms with Crippen LogP contribution in [0.5, 0.6) is 0 Å². The third-order valence-corrected chi connectivity index (χ3v) is 4.83. The van der Waals surface area contributed by atoms with E-state index < -0.39 is 9.84 Å². The number of sulfone groups is 1. The largest absolute Gasteiger partial charge is 0.381 e. The molecule has 1 heterocycles. The van der Waals surface area contributed by atoms with Gasteiger partial charge in [0, 0.05) is 11.7 Å². The van der Waals surface area contributed by atoms with Crippen molar-refractivity contribution in [2.24, 2.45) is 0 Å². The van der Waals surface area contributed by atoms with E-state index >= 15 is 0 Å². The Morgan fingerprint density at radius 3 is 2.82 bits per heavy atom. The second-order valence-electron chi connectivity index (χ2n) is 4.56. The lowest BCUT2D eigenvalue weighted by atomic mass is 10.1. The lowest BCUT2D eigenvalue weighted by molar-refractivity contribution is 0.561. The van der Waals surface area contributed by atoms with Gasteiger partial charge in [-0.25, -0.2) is 12.8 Å². The highest BCUT2D eigenvalue weighted by Crippen LogP contribution is 2.19. The fourth-order valence-corrected chi connectivity index (χ4v) is 3.69. The van der Waals surface area contributed by atoms with Crippen LogP contribution in [0.4, 0.5) is 10.1 Å². The molecule has 1 atom stereocenters. The van der Waals surface area contributed by atoms with E-state index in [0.29, 0.717) is 17.7 Å². The molecule has 3 nitrogen and oxygen atoms in total. The van der Waals surface area contributed by atoms with Gasteiger partial charge in [-0.15, -0.1) is 0 Å². The normalized spacial score (nSPS) is 23.3. The zero-order chi connectivity index (χ0) is 12.5. The first-order chi connectivity index (χ1) is 7.96. The molecule has 2 rings (SSSR count). The number of hydrogen-bond donors (Lipinski definition) is 1. The fourth-order valence-electron chi connectivity index (χ4n) is 2.06. The number of aryl methyl sites for hydroxylation is 1. The van der Waals surface area contributed by atoms with Crippen LogP contribution in [0.25, 0.3) is 0 Å². The second-order valence-corrected chi connectivity index (χ2v) is 6.79. The van der Waals surface area contributed by atoms with E-state index in [-0.39, 0.29) is 23.4 Å². The van der Waals surface area contributed by atoms with E-state index in [9.17, 15) is 12.8 Å². The van der Waals surface area contributed by atoms with Gasteiger partial charge in [0.2, 0.25) is 0 Å². The van der Waals surface area contributed by atoms with E-state index in [0.717, 1.165) is 6.42 Å². The predicted octanol–water partition coefficient (Wildman–Crippen LogP) is 2.12. The molecule has 1 aromatic carbocycles. The molecular weight excluding hydrogens is 241 g/mol. The summed E-state index contributed by atoms with van der Waals surface area (Å²) >= 11 is 0. The van der Waals surface area contributed by atoms with Gasteiger partial charge in [-0.2, -0.15) is 0 Å². The smallest absolute Gasteiger partial charge is 0.152 e. The van der Waals surface area contributed by atoms with Crippen LogP contribution in [0.2, 0.25) is 0 Å². The molecule has 0 radical (unpaired) electrons. The number of halogens is 1. The van der Waals surface area contributed by atoms with E-state index in [4.69, 9.17) is 0 Å². The van der Waals surface area contributed by atoms with Gasteiger partial charge in [-0.05, 0) is 37.5 Å². The zero-order valence-electron chi connectivity index (χ0n) is 9.74. The van der Waals surface area contributed by atoms with Crippen LogP contribution in [-0.2, 0) is 9.84 Å². The van der Waals surface area contributed by atoms with Crippen molar-refractivity contribution in [3.8, 4) is 0 Å². The first kappa shape index (κ1) is 12.4. The molecule has 0 amide bonds. The average Bonchev–Trinajstić information content (AvgIpc) is 2.22. The summed E-state index contributed by atoms with van der Waals surface area (Å²) in [5, 5.41) is 3.09. The van der Waals surface area contributed by atoms with Crippen LogP contribution in [0.3, 0.4) is 0 Å². The average molecular weight is 257 g/mol. The molecule has 5 heteroatoms. The Hall–Kier alpha value is -1.10. The molecule has 0 bridgehead atoms. The van der Waals surface area contributed by atoms with E-state index in [1.165, 1.54) is 6.07 Å². The Labute approximate surface area is 101 Å². The maximum absolute atomic E-state index is 13.3. The minimum Gasteiger partial charge on any atom is -0.381 e. The highest BCUT2D eigenvalue weighted by atomic mass is 32.2. The monoisotopic (exact) mass is 257 g/mol. The standard InChI is InChI=1S/C12H16FNO2S/c1-9-4-5-10(7-12(9)13)14-11-3-2-6-17(15,16)8-11/h4-5,7,11,14H,2-3,6,8H2,1H3. The van der Waals surface area contributed by atoms with Crippen LogP contribution in [0, 0.1) is 12.7 Å². The Bertz CT molecular complexity index is 513. The summed E-state index contributed by atoms with van der Waals surface area (Å²) in [6, 6.07) is 4.78. The van der Waals surface area contributed by atoms with Crippen molar-refractivity contribution in [3.05, 3.63) is 29.6 Å². The summed E-state index contributed by atoms with van der Waals surface area (Å²) in [6.07, 6.45) is 1.49. The van der Waals surface area contributed by atoms with Crippen LogP contribution >= 0.6 is 0 Å². The lowest BCUT2D eigenvalue weighted by Gasteiger charge is -2.24. The highest BCUT2D eigenvalue weighted by molar-refractivity contribution is 7.91. The van der Waals surface area contributed by atoms with Gasteiger partial charge in [-0.1, -0.05) is 6.07 Å². The second kappa shape index (κ2) is 4.64. The molecule has 17 heavy (non-hydrogen) atoms. The molecule has 1 saturated heterocycles. The zero-order valence-corrected chi connectivity index (χ0v) is 10.6. The molecule has 0 aliphatic carbocycles. The van der Waals surface area contributed by atoms with Crippen LogP contribution in [-0.4, -0.2) is 26.0 Å². The van der Waals surface area contributed by atoms with E-state index in [1.807, 2.05) is 0 Å². The van der Waals surface area contributed by atoms with Crippen molar-refractivity contribution >= 4 is 15.5 Å². The molecule has 0 aromatic heterocycles. The Morgan fingerprint density at radius 2 is 2.18 bits per heavy atom. The maximum Gasteiger partial charge on any atom is 0.152 e. The van der Waals surface area contributed by atoms with Gasteiger partial charge < -0.3 is 5.32 Å². The Kier molecular flexibility index (Phi) is 3.38. The minimum absolute atomic E-state index is 0.101. The number of nitrogens with one attached hydrogen (secondary N) is 1. The molecule has 0 spiro atoms. The number of rotatable bonds is 2. The van der Waals surface area contributed by atoms with E-state index in [2.05, 4.69) is 5.32 Å². The molecule has 1 fully saturated rings. The summed E-state index contributed by atoms with van der Waals surface area (Å²) in [4.78, 5) is 0. The molecule has 1 aliphatic heterocycles. The van der Waals surface area contributed by atoms with Gasteiger partial charge >= 0.3 is 0 Å². The topological polar surface area (TPSA) is 46.2 Å². The summed E-state index contributed by atoms with van der Waals surface area (Å²) in [5.74, 6) is 0.143. The SMILES string of the molecule is Cc1ccc(NC2CCCS(=O)(=O)C2)cc1F. The summed E-state index contributed by atoms with van der Waals surface area (Å²) < 4.78 is 36.2. The molecular formula is C12H16FNO2S. The number of anilines is 1. The van der Waals surface area contributed by atoms with Gasteiger partial charge in [0.1, 0.15) is 5.82 Å². The van der Waals surface area contributed by atoms with Crippen LogP contribution in [0.1, 0.15) is 18.4 Å². The van der Waals surface area contributed by atoms with Crippen molar-refractivity contribution in [2.75, 3.05) is 16.8 Å². The van der Waals surface area contributed by atoms with Crippen molar-refractivity contribution in [1.29, 1.82) is 0 Å². The molecule has 1 unspecified atom stereocenters. The molecule has 94 valence electrons. The predicted molar refractivity (Wildman–Crippen MR) is 66.4 cm³/mol. The Morgan fingerprint density at radius 1 is 1.41 bits per heavy atom. The summed E-state index contributed by atoms with van der Waals surface area (Å²) in [6.45, 7) is 1.70. The van der Waals surface area contributed by atoms with Gasteiger partial charge in [0.05, 0.1) is 11.5 Å². The fraction of sp³-hybridized carbons (Fsp3) is 0.500. The van der Waals surface area contributed by atoms with Crippen LogP contribution < -0.4 is 5.32 Å². The van der Waals surface area contributed by atoms with Crippen molar-refractivity contribution < 1.29 is 12.8 Å². The number of hydrogen-bond acceptors (Lipinski definition) is 3. The number of benzene rings is 1. The van der Waals surface area contributed by atoms with Gasteiger partial charge in [0.15, 0.2) is 9.84 Å². The van der Waals surface area contributed by atoms with Gasteiger partial charge in [-0.3, -0.25) is 0 Å². The summed E-state index contributed by atoms with van der Waals surface area (Å²) in [5.41, 5.74) is 1.24. The Balaban J connectivity index is 2.08. The highest BCUT2D eigenvalue weighted by Gasteiger charge is 2.24. The third kappa shape index (κ3) is 3.19. The first-order valence-electron chi connectivity index (χ1n) is 5.69. The van der Waals surface area contributed by atoms with Crippen molar-refractivity contribution in [2.45, 2.75) is 25.8 Å². The molecule has 1 aliphatic rings. The maximum atomic E-state index is 13.3. The minimum atomic E-state index is -2.93. The van der Waals surface area contributed by atoms with Crippen molar-refractivity contribution in [1.82, 2.24) is 0 Å². The first-order valence-corrected chi connectivity index (χ1v) is 7.51. The van der Waals surface area contributed by atoms with Crippen LogP contribution in [0.15, 0.2) is 18.2 Å². The third-order valence-electron chi connectivity index (χ3n) is 3.01. The molecule has 1 N–H and O–H groups in total.